The van der Waals surface area contributed by atoms with E-state index < -0.39 is 0 Å². The molecule has 0 fully saturated rings. The van der Waals surface area contributed by atoms with Gasteiger partial charge in [0.1, 0.15) is 6.29 Å². The number of carbonyl (C=O) groups excluding carboxylic acids is 1. The molecule has 0 saturated heterocycles. The number of allylic oxidation sites excluding steroid dienone is 1. The summed E-state index contributed by atoms with van der Waals surface area (Å²) < 4.78 is 5.27. The van der Waals surface area contributed by atoms with Crippen LogP contribution in [0, 0.1) is 5.92 Å². The highest BCUT2D eigenvalue weighted by Crippen LogP contribution is 2.18. The van der Waals surface area contributed by atoms with Gasteiger partial charge in [-0.05, 0) is 19.4 Å². The van der Waals surface area contributed by atoms with Crippen molar-refractivity contribution < 1.29 is 9.53 Å². The third kappa shape index (κ3) is 3.18. The molecule has 0 rings (SSSR count). The monoisotopic (exact) mass is 170 g/mol. The lowest BCUT2D eigenvalue weighted by molar-refractivity contribution is -0.104. The average Bonchev–Trinajstić information content (AvgIpc) is 2.07. The first-order valence-corrected chi connectivity index (χ1v) is 4.32. The number of hydrogen-bond acceptors (Lipinski definition) is 2. The summed E-state index contributed by atoms with van der Waals surface area (Å²) in [5, 5.41) is 0. The van der Waals surface area contributed by atoms with Gasteiger partial charge in [-0.1, -0.05) is 19.4 Å². The van der Waals surface area contributed by atoms with Crippen LogP contribution < -0.4 is 0 Å². The lowest BCUT2D eigenvalue weighted by atomic mass is 9.94. The molecule has 0 N–H and O–H groups in total. The van der Waals surface area contributed by atoms with Crippen molar-refractivity contribution >= 4 is 6.29 Å². The molecule has 0 saturated carbocycles. The Hall–Kier alpha value is -0.630. The predicted molar refractivity (Wildman–Crippen MR) is 50.1 cm³/mol. The highest BCUT2D eigenvalue weighted by atomic mass is 16.5. The maximum absolute atomic E-state index is 10.2. The van der Waals surface area contributed by atoms with Crippen molar-refractivity contribution in [2.24, 2.45) is 5.92 Å². The van der Waals surface area contributed by atoms with Crippen molar-refractivity contribution in [3.05, 3.63) is 11.6 Å². The first kappa shape index (κ1) is 11.4. The van der Waals surface area contributed by atoms with Crippen LogP contribution in [0.3, 0.4) is 0 Å². The van der Waals surface area contributed by atoms with E-state index in [1.165, 1.54) is 0 Å². The van der Waals surface area contributed by atoms with Crippen molar-refractivity contribution in [1.29, 1.82) is 0 Å². The van der Waals surface area contributed by atoms with E-state index in [2.05, 4.69) is 13.8 Å². The van der Waals surface area contributed by atoms with Crippen molar-refractivity contribution in [2.45, 2.75) is 33.3 Å². The molecule has 0 aliphatic heterocycles. The Labute approximate surface area is 74.6 Å². The zero-order valence-corrected chi connectivity index (χ0v) is 8.33. The molecule has 70 valence electrons. The summed E-state index contributed by atoms with van der Waals surface area (Å²) in [5.74, 6) is 0.324. The van der Waals surface area contributed by atoms with Gasteiger partial charge in [0.2, 0.25) is 0 Å². The Morgan fingerprint density at radius 1 is 1.58 bits per heavy atom. The van der Waals surface area contributed by atoms with E-state index >= 15 is 0 Å². The second-order valence-electron chi connectivity index (χ2n) is 3.02. The largest absolute Gasteiger partial charge is 0.381 e. The molecule has 2 heteroatoms. The second kappa shape index (κ2) is 5.95. The first-order chi connectivity index (χ1) is 5.67. The fraction of sp³-hybridized carbons (Fsp3) is 0.700. The predicted octanol–water partition coefficient (Wildman–Crippen LogP) is 2.19. The third-order valence-corrected chi connectivity index (χ3v) is 2.31. The Morgan fingerprint density at radius 3 is 2.50 bits per heavy atom. The summed E-state index contributed by atoms with van der Waals surface area (Å²) in [4.78, 5) is 10.2. The molecule has 0 spiro atoms. The van der Waals surface area contributed by atoms with Gasteiger partial charge in [-0.2, -0.15) is 0 Å². The summed E-state index contributed by atoms with van der Waals surface area (Å²) in [6.45, 7) is 6.12. The van der Waals surface area contributed by atoms with Crippen LogP contribution in [0.2, 0.25) is 0 Å². The highest BCUT2D eigenvalue weighted by Gasteiger charge is 2.15. The van der Waals surface area contributed by atoms with Crippen LogP contribution in [0.5, 0.6) is 0 Å². The molecule has 0 radical (unpaired) electrons. The normalized spacial score (nSPS) is 17.2. The minimum atomic E-state index is 0.223. The average molecular weight is 170 g/mol. The van der Waals surface area contributed by atoms with Crippen molar-refractivity contribution in [1.82, 2.24) is 0 Å². The molecular formula is C10H18O2. The topological polar surface area (TPSA) is 26.3 Å². The molecule has 2 nitrogen and oxygen atoms in total. The standard InChI is InChI=1S/C10H18O2/c1-5-10(12-4)9(3)8(2)6-7-11/h6-7,9-10H,5H2,1-4H3. The minimum absolute atomic E-state index is 0.223. The molecular weight excluding hydrogens is 152 g/mol. The van der Waals surface area contributed by atoms with Crippen molar-refractivity contribution in [2.75, 3.05) is 7.11 Å². The van der Waals surface area contributed by atoms with Gasteiger partial charge in [0.25, 0.3) is 0 Å². The van der Waals surface area contributed by atoms with E-state index in [1.807, 2.05) is 6.92 Å². The van der Waals surface area contributed by atoms with E-state index in [-0.39, 0.29) is 6.10 Å². The number of carbonyl (C=O) groups is 1. The Balaban J connectivity index is 4.23. The first-order valence-electron chi connectivity index (χ1n) is 4.32. The fourth-order valence-corrected chi connectivity index (χ4v) is 1.28. The molecule has 0 aliphatic carbocycles. The third-order valence-electron chi connectivity index (χ3n) is 2.31. The molecule has 0 heterocycles. The van der Waals surface area contributed by atoms with Crippen LogP contribution in [0.1, 0.15) is 27.2 Å². The summed E-state index contributed by atoms with van der Waals surface area (Å²) in [5.41, 5.74) is 1.08. The number of rotatable bonds is 5. The maximum Gasteiger partial charge on any atom is 0.142 e. The van der Waals surface area contributed by atoms with Crippen LogP contribution in [-0.4, -0.2) is 19.5 Å². The van der Waals surface area contributed by atoms with Crippen molar-refractivity contribution in [3.8, 4) is 0 Å². The molecule has 0 aromatic carbocycles. The summed E-state index contributed by atoms with van der Waals surface area (Å²) in [7, 11) is 1.71. The zero-order valence-electron chi connectivity index (χ0n) is 8.33. The lowest BCUT2D eigenvalue weighted by Crippen LogP contribution is -2.20. The van der Waals surface area contributed by atoms with Gasteiger partial charge >= 0.3 is 0 Å². The summed E-state index contributed by atoms with van der Waals surface area (Å²) >= 11 is 0. The number of hydrogen-bond donors (Lipinski definition) is 0. The zero-order chi connectivity index (χ0) is 9.56. The van der Waals surface area contributed by atoms with E-state index in [9.17, 15) is 4.79 Å². The van der Waals surface area contributed by atoms with E-state index in [0.29, 0.717) is 5.92 Å². The molecule has 0 aromatic heterocycles. The quantitative estimate of drug-likeness (QED) is 0.467. The smallest absolute Gasteiger partial charge is 0.142 e. The fourth-order valence-electron chi connectivity index (χ4n) is 1.28. The maximum atomic E-state index is 10.2. The number of aldehydes is 1. The Bertz CT molecular complexity index is 157. The molecule has 0 amide bonds. The lowest BCUT2D eigenvalue weighted by Gasteiger charge is -2.21. The van der Waals surface area contributed by atoms with E-state index in [1.54, 1.807) is 13.2 Å². The van der Waals surface area contributed by atoms with Crippen LogP contribution >= 0.6 is 0 Å². The van der Waals surface area contributed by atoms with E-state index in [0.717, 1.165) is 18.3 Å². The molecule has 0 bridgehead atoms. The van der Waals surface area contributed by atoms with Gasteiger partial charge in [-0.3, -0.25) is 4.79 Å². The second-order valence-corrected chi connectivity index (χ2v) is 3.02. The van der Waals surface area contributed by atoms with Gasteiger partial charge in [0, 0.05) is 13.0 Å². The van der Waals surface area contributed by atoms with Gasteiger partial charge in [0.15, 0.2) is 0 Å². The number of ether oxygens (including phenoxy) is 1. The number of methoxy groups -OCH3 is 1. The Kier molecular flexibility index (Phi) is 5.64. The Morgan fingerprint density at radius 2 is 2.17 bits per heavy atom. The SMILES string of the molecule is CCC(OC)C(C)C(C)=CC=O. The van der Waals surface area contributed by atoms with Crippen LogP contribution in [0.4, 0.5) is 0 Å². The molecule has 12 heavy (non-hydrogen) atoms. The molecule has 0 aromatic rings. The molecule has 0 aliphatic rings. The van der Waals surface area contributed by atoms with Crippen molar-refractivity contribution in [3.63, 3.8) is 0 Å². The van der Waals surface area contributed by atoms with Crippen LogP contribution in [0.25, 0.3) is 0 Å². The summed E-state index contributed by atoms with van der Waals surface area (Å²) in [6, 6.07) is 0. The molecule has 2 atom stereocenters. The summed E-state index contributed by atoms with van der Waals surface area (Å²) in [6.07, 6.45) is 3.63. The minimum Gasteiger partial charge on any atom is -0.381 e. The molecule has 2 unspecified atom stereocenters. The highest BCUT2D eigenvalue weighted by molar-refractivity contribution is 5.66. The van der Waals surface area contributed by atoms with Crippen LogP contribution in [0.15, 0.2) is 11.6 Å². The van der Waals surface area contributed by atoms with Crippen LogP contribution in [-0.2, 0) is 9.53 Å². The van der Waals surface area contributed by atoms with Gasteiger partial charge in [0.05, 0.1) is 6.10 Å². The van der Waals surface area contributed by atoms with Gasteiger partial charge < -0.3 is 4.74 Å². The van der Waals surface area contributed by atoms with Gasteiger partial charge in [-0.15, -0.1) is 0 Å². The van der Waals surface area contributed by atoms with E-state index in [4.69, 9.17) is 4.74 Å². The van der Waals surface area contributed by atoms with Gasteiger partial charge in [-0.25, -0.2) is 0 Å².